The average molecular weight is 459 g/mol. The minimum Gasteiger partial charge on any atom is -0.391 e. The summed E-state index contributed by atoms with van der Waals surface area (Å²) in [4.78, 5) is 32.9. The molecule has 3 rings (SSSR count). The maximum atomic E-state index is 13.0. The third kappa shape index (κ3) is 5.36. The molecule has 0 spiro atoms. The molecule has 1 aromatic carbocycles. The number of hydrogen-bond acceptors (Lipinski definition) is 6. The van der Waals surface area contributed by atoms with Gasteiger partial charge in [0.25, 0.3) is 0 Å². The summed E-state index contributed by atoms with van der Waals surface area (Å²) in [5.74, 6) is -0.579. The first-order chi connectivity index (χ1) is 15.0. The van der Waals surface area contributed by atoms with Crippen molar-refractivity contribution in [3.05, 3.63) is 41.0 Å². The van der Waals surface area contributed by atoms with Gasteiger partial charge in [-0.15, -0.1) is 11.3 Å². The molecule has 4 N–H and O–H groups in total. The Labute approximate surface area is 194 Å². The van der Waals surface area contributed by atoms with Crippen LogP contribution in [0.4, 0.5) is 0 Å². The van der Waals surface area contributed by atoms with Crippen LogP contribution in [0.3, 0.4) is 0 Å². The first-order valence-corrected chi connectivity index (χ1v) is 11.9. The molecule has 1 aliphatic rings. The molecule has 2 amide bonds. The van der Waals surface area contributed by atoms with E-state index in [4.69, 9.17) is 5.73 Å². The van der Waals surface area contributed by atoms with E-state index in [1.807, 2.05) is 58.2 Å². The van der Waals surface area contributed by atoms with E-state index in [0.29, 0.717) is 0 Å². The molecule has 174 valence electrons. The molecule has 1 aromatic heterocycles. The Morgan fingerprint density at radius 1 is 1.31 bits per heavy atom. The Morgan fingerprint density at radius 2 is 1.97 bits per heavy atom. The summed E-state index contributed by atoms with van der Waals surface area (Å²) < 4.78 is 0. The number of carbonyl (C=O) groups is 2. The van der Waals surface area contributed by atoms with E-state index in [-0.39, 0.29) is 30.8 Å². The molecule has 0 bridgehead atoms. The van der Waals surface area contributed by atoms with Crippen molar-refractivity contribution < 1.29 is 14.7 Å². The normalized spacial score (nSPS) is 20.8. The van der Waals surface area contributed by atoms with E-state index in [1.165, 1.54) is 4.90 Å². The number of nitrogens with two attached hydrogens (primary N) is 1. The van der Waals surface area contributed by atoms with Crippen LogP contribution in [0.25, 0.3) is 10.4 Å². The average Bonchev–Trinajstić information content (AvgIpc) is 3.38. The van der Waals surface area contributed by atoms with E-state index in [1.54, 1.807) is 11.3 Å². The molecule has 1 fully saturated rings. The third-order valence-electron chi connectivity index (χ3n) is 5.97. The second-order valence-electron chi connectivity index (χ2n) is 9.56. The van der Waals surface area contributed by atoms with Gasteiger partial charge < -0.3 is 21.1 Å². The number of aliphatic hydroxyl groups excluding tert-OH is 1. The smallest absolute Gasteiger partial charge is 0.243 e. The van der Waals surface area contributed by atoms with Gasteiger partial charge in [-0.25, -0.2) is 4.98 Å². The number of rotatable bonds is 6. The van der Waals surface area contributed by atoms with Crippen molar-refractivity contribution in [2.45, 2.75) is 71.7 Å². The van der Waals surface area contributed by atoms with Crippen LogP contribution in [0.1, 0.15) is 57.7 Å². The molecule has 8 heteroatoms. The number of amides is 2. The van der Waals surface area contributed by atoms with E-state index >= 15 is 0 Å². The summed E-state index contributed by atoms with van der Waals surface area (Å²) in [6.07, 6.45) is 2.29. The fourth-order valence-corrected chi connectivity index (χ4v) is 4.65. The van der Waals surface area contributed by atoms with Gasteiger partial charge in [-0.2, -0.15) is 0 Å². The second kappa shape index (κ2) is 9.68. The third-order valence-corrected chi connectivity index (χ3v) is 7.16. The van der Waals surface area contributed by atoms with Crippen molar-refractivity contribution in [3.63, 3.8) is 0 Å². The molecule has 2 aromatic rings. The van der Waals surface area contributed by atoms with Gasteiger partial charge in [-0.3, -0.25) is 9.59 Å². The van der Waals surface area contributed by atoms with Crippen LogP contribution in [0.5, 0.6) is 0 Å². The number of hydrogen-bond donors (Lipinski definition) is 3. The minimum atomic E-state index is -0.743. The molecular weight excluding hydrogens is 424 g/mol. The summed E-state index contributed by atoms with van der Waals surface area (Å²) >= 11 is 1.68. The van der Waals surface area contributed by atoms with Crippen molar-refractivity contribution in [1.82, 2.24) is 15.2 Å². The highest BCUT2D eigenvalue weighted by Gasteiger charge is 2.42. The molecule has 4 atom stereocenters. The molecule has 1 aliphatic heterocycles. The fourth-order valence-electron chi connectivity index (χ4n) is 3.79. The number of thiazole rings is 1. The van der Waals surface area contributed by atoms with Gasteiger partial charge in [0.2, 0.25) is 11.8 Å². The van der Waals surface area contributed by atoms with Gasteiger partial charge >= 0.3 is 0 Å². The lowest BCUT2D eigenvalue weighted by Crippen LogP contribution is -2.55. The van der Waals surface area contributed by atoms with Crippen LogP contribution in [0.15, 0.2) is 30.5 Å². The number of nitrogens with zero attached hydrogens (tertiary/aromatic N) is 2. The molecule has 7 nitrogen and oxygen atoms in total. The van der Waals surface area contributed by atoms with Gasteiger partial charge in [0.05, 0.1) is 28.1 Å². The van der Waals surface area contributed by atoms with Gasteiger partial charge in [0.15, 0.2) is 0 Å². The van der Waals surface area contributed by atoms with Crippen molar-refractivity contribution in [2.24, 2.45) is 11.1 Å². The SMILES string of the molecule is CCc1ncc(-c2ccc([C@H](C)NC(=O)[C@@H]3C[C@@H](O)CN3C(=O)[C@@H](N)C(C)(C)C)cc2)s1. The molecule has 0 saturated carbocycles. The Hall–Kier alpha value is -2.29. The molecular formula is C24H34N4O3S. The number of β-amino-alcohol motifs (C(OH)–C–C–N with tert-alkyl or cyclic N) is 1. The highest BCUT2D eigenvalue weighted by atomic mass is 32.1. The zero-order valence-corrected chi connectivity index (χ0v) is 20.3. The molecule has 0 aliphatic carbocycles. The van der Waals surface area contributed by atoms with Crippen LogP contribution in [-0.2, 0) is 16.0 Å². The van der Waals surface area contributed by atoms with Crippen LogP contribution in [-0.4, -0.2) is 51.5 Å². The first-order valence-electron chi connectivity index (χ1n) is 11.1. The molecule has 1 saturated heterocycles. The summed E-state index contributed by atoms with van der Waals surface area (Å²) in [6.45, 7) is 9.78. The lowest BCUT2D eigenvalue weighted by molar-refractivity contribution is -0.141. The lowest BCUT2D eigenvalue weighted by atomic mass is 9.86. The number of aliphatic hydroxyl groups is 1. The van der Waals surface area contributed by atoms with Gasteiger partial charge in [0, 0.05) is 19.2 Å². The molecule has 0 radical (unpaired) electrons. The summed E-state index contributed by atoms with van der Waals surface area (Å²) in [6, 6.07) is 6.34. The summed E-state index contributed by atoms with van der Waals surface area (Å²) in [5, 5.41) is 14.2. The van der Waals surface area contributed by atoms with Gasteiger partial charge in [-0.05, 0) is 29.9 Å². The Bertz CT molecular complexity index is 951. The molecule has 2 heterocycles. The Kier molecular flexibility index (Phi) is 7.37. The molecule has 32 heavy (non-hydrogen) atoms. The number of nitrogens with one attached hydrogen (secondary N) is 1. The molecule has 0 unspecified atom stereocenters. The second-order valence-corrected chi connectivity index (χ2v) is 10.7. The van der Waals surface area contributed by atoms with Gasteiger partial charge in [-0.1, -0.05) is 52.0 Å². The maximum absolute atomic E-state index is 13.0. The first kappa shape index (κ1) is 24.4. The monoisotopic (exact) mass is 458 g/mol. The van der Waals surface area contributed by atoms with Crippen LogP contribution < -0.4 is 11.1 Å². The predicted molar refractivity (Wildman–Crippen MR) is 127 cm³/mol. The van der Waals surface area contributed by atoms with E-state index in [2.05, 4.69) is 17.2 Å². The van der Waals surface area contributed by atoms with E-state index in [9.17, 15) is 14.7 Å². The van der Waals surface area contributed by atoms with Crippen molar-refractivity contribution in [1.29, 1.82) is 0 Å². The standard InChI is InChI=1S/C24H34N4O3S/c1-6-20-26-12-19(32-20)16-9-7-15(8-10-16)14(2)27-22(30)18-11-17(29)13-28(18)23(31)21(25)24(3,4)5/h7-10,12,14,17-18,21,29H,6,11,13,25H2,1-5H3,(H,27,30)/t14-,17+,18-,21+/m0/s1. The largest absolute Gasteiger partial charge is 0.391 e. The number of benzene rings is 1. The topological polar surface area (TPSA) is 109 Å². The minimum absolute atomic E-state index is 0.123. The summed E-state index contributed by atoms with van der Waals surface area (Å²) in [7, 11) is 0. The quantitative estimate of drug-likeness (QED) is 0.617. The highest BCUT2D eigenvalue weighted by Crippen LogP contribution is 2.28. The highest BCUT2D eigenvalue weighted by molar-refractivity contribution is 7.15. The van der Waals surface area contributed by atoms with Crippen LogP contribution >= 0.6 is 11.3 Å². The zero-order valence-electron chi connectivity index (χ0n) is 19.5. The predicted octanol–water partition coefficient (Wildman–Crippen LogP) is 2.88. The van der Waals surface area contributed by atoms with Crippen LogP contribution in [0.2, 0.25) is 0 Å². The lowest BCUT2D eigenvalue weighted by Gasteiger charge is -2.32. The van der Waals surface area contributed by atoms with Crippen LogP contribution in [0, 0.1) is 5.41 Å². The van der Waals surface area contributed by atoms with Crippen molar-refractivity contribution in [3.8, 4) is 10.4 Å². The number of carbonyl (C=O) groups excluding carboxylic acids is 2. The van der Waals surface area contributed by atoms with Crippen molar-refractivity contribution in [2.75, 3.05) is 6.54 Å². The Balaban J connectivity index is 1.68. The van der Waals surface area contributed by atoms with E-state index in [0.717, 1.165) is 27.4 Å². The number of aromatic nitrogens is 1. The Morgan fingerprint density at radius 3 is 2.53 bits per heavy atom. The number of likely N-dealkylation sites (tertiary alicyclic amines) is 1. The fraction of sp³-hybridized carbons (Fsp3) is 0.542. The van der Waals surface area contributed by atoms with E-state index < -0.39 is 23.6 Å². The summed E-state index contributed by atoms with van der Waals surface area (Å²) in [5.41, 5.74) is 7.76. The van der Waals surface area contributed by atoms with Crippen molar-refractivity contribution >= 4 is 23.2 Å². The zero-order chi connectivity index (χ0) is 23.6. The van der Waals surface area contributed by atoms with Gasteiger partial charge in [0.1, 0.15) is 6.04 Å². The maximum Gasteiger partial charge on any atom is 0.243 e. The number of aryl methyl sites for hydroxylation is 1.